The Bertz CT molecular complexity index is 589. The topological polar surface area (TPSA) is 74.7 Å². The molecular weight excluding hydrogens is 258 g/mol. The van der Waals surface area contributed by atoms with Crippen LogP contribution in [0.3, 0.4) is 0 Å². The number of fused-ring (bicyclic) bond motifs is 1. The molecule has 0 saturated carbocycles. The maximum Gasteiger partial charge on any atom is 0.303 e. The zero-order valence-corrected chi connectivity index (χ0v) is 10.8. The Morgan fingerprint density at radius 3 is 2.25 bits per heavy atom. The molecule has 0 unspecified atom stereocenters. The van der Waals surface area contributed by atoms with Gasteiger partial charge in [-0.2, -0.15) is 0 Å². The normalized spacial score (nSPS) is 12.9. The standard InChI is InChI=1S/C15H13NO4/c17-13(18)9-3-1-2-6-10-16-14(19)11-7-4-5-8-12(11)15(16)20/h4-5,7-8H,1,3,9-10H2,(H,17,18). The number of unbranched alkanes of at least 4 members (excludes halogenated alkanes) is 1. The smallest absolute Gasteiger partial charge is 0.303 e. The molecule has 0 aliphatic carbocycles. The summed E-state index contributed by atoms with van der Waals surface area (Å²) in [4.78, 5) is 35.4. The lowest BCUT2D eigenvalue weighted by atomic mass is 10.1. The maximum absolute atomic E-state index is 12.0. The molecule has 1 aliphatic heterocycles. The van der Waals surface area contributed by atoms with Crippen LogP contribution in [-0.4, -0.2) is 34.3 Å². The first kappa shape index (κ1) is 13.8. The van der Waals surface area contributed by atoms with Gasteiger partial charge in [0.2, 0.25) is 0 Å². The minimum Gasteiger partial charge on any atom is -0.481 e. The molecule has 0 aromatic heterocycles. The molecule has 20 heavy (non-hydrogen) atoms. The molecule has 1 heterocycles. The third-order valence-electron chi connectivity index (χ3n) is 2.93. The van der Waals surface area contributed by atoms with Crippen molar-refractivity contribution >= 4 is 17.8 Å². The Labute approximate surface area is 116 Å². The van der Waals surface area contributed by atoms with Crippen LogP contribution in [0.4, 0.5) is 0 Å². The number of carbonyl (C=O) groups excluding carboxylic acids is 2. The summed E-state index contributed by atoms with van der Waals surface area (Å²) in [6.07, 6.45) is 0.974. The summed E-state index contributed by atoms with van der Waals surface area (Å²) >= 11 is 0. The Morgan fingerprint density at radius 2 is 1.70 bits per heavy atom. The molecule has 5 heteroatoms. The van der Waals surface area contributed by atoms with E-state index in [9.17, 15) is 14.4 Å². The zero-order chi connectivity index (χ0) is 14.5. The quantitative estimate of drug-likeness (QED) is 0.512. The number of aliphatic carboxylic acids is 1. The van der Waals surface area contributed by atoms with Gasteiger partial charge in [0, 0.05) is 12.8 Å². The molecule has 1 N–H and O–H groups in total. The van der Waals surface area contributed by atoms with Gasteiger partial charge in [0.1, 0.15) is 0 Å². The van der Waals surface area contributed by atoms with Crippen LogP contribution in [0.15, 0.2) is 24.3 Å². The SMILES string of the molecule is O=C(O)CCCC#CCN1C(=O)c2ccccc2C1=O. The Kier molecular flexibility index (Phi) is 4.16. The van der Waals surface area contributed by atoms with Crippen molar-refractivity contribution in [3.63, 3.8) is 0 Å². The van der Waals surface area contributed by atoms with Crippen LogP contribution in [-0.2, 0) is 4.79 Å². The Hall–Kier alpha value is -2.61. The zero-order valence-electron chi connectivity index (χ0n) is 10.8. The second-order valence-corrected chi connectivity index (χ2v) is 4.34. The van der Waals surface area contributed by atoms with E-state index in [0.717, 1.165) is 4.90 Å². The lowest BCUT2D eigenvalue weighted by Crippen LogP contribution is -2.29. The number of nitrogens with zero attached hydrogens (tertiary/aromatic N) is 1. The third-order valence-corrected chi connectivity index (χ3v) is 2.93. The Balaban J connectivity index is 1.93. The number of imide groups is 1. The first-order valence-corrected chi connectivity index (χ1v) is 6.24. The van der Waals surface area contributed by atoms with Crippen LogP contribution in [0.25, 0.3) is 0 Å². The first-order chi connectivity index (χ1) is 9.61. The van der Waals surface area contributed by atoms with E-state index < -0.39 is 5.97 Å². The summed E-state index contributed by atoms with van der Waals surface area (Å²) in [5, 5.41) is 8.47. The molecule has 102 valence electrons. The number of hydrogen-bond acceptors (Lipinski definition) is 3. The van der Waals surface area contributed by atoms with Crippen LogP contribution in [0.5, 0.6) is 0 Å². The molecule has 2 rings (SSSR count). The predicted molar refractivity (Wildman–Crippen MR) is 71.1 cm³/mol. The van der Waals surface area contributed by atoms with Gasteiger partial charge in [0.05, 0.1) is 17.7 Å². The third kappa shape index (κ3) is 2.86. The van der Waals surface area contributed by atoms with Gasteiger partial charge < -0.3 is 5.11 Å². The van der Waals surface area contributed by atoms with E-state index in [2.05, 4.69) is 11.8 Å². The number of carboxylic acid groups (broad SMARTS) is 1. The number of amides is 2. The van der Waals surface area contributed by atoms with Crippen molar-refractivity contribution < 1.29 is 19.5 Å². The Morgan fingerprint density at radius 1 is 1.10 bits per heavy atom. The van der Waals surface area contributed by atoms with Gasteiger partial charge in [-0.15, -0.1) is 5.92 Å². The summed E-state index contributed by atoms with van der Waals surface area (Å²) in [6.45, 7) is 0.0411. The van der Waals surface area contributed by atoms with Crippen molar-refractivity contribution in [1.82, 2.24) is 4.90 Å². The lowest BCUT2D eigenvalue weighted by molar-refractivity contribution is -0.137. The average molecular weight is 271 g/mol. The number of benzene rings is 1. The molecule has 1 aliphatic rings. The van der Waals surface area contributed by atoms with Crippen molar-refractivity contribution in [3.8, 4) is 11.8 Å². The van der Waals surface area contributed by atoms with Crippen LogP contribution in [0.2, 0.25) is 0 Å². The molecule has 0 atom stereocenters. The van der Waals surface area contributed by atoms with Crippen LogP contribution >= 0.6 is 0 Å². The largest absolute Gasteiger partial charge is 0.481 e. The van der Waals surface area contributed by atoms with Crippen molar-refractivity contribution in [1.29, 1.82) is 0 Å². The van der Waals surface area contributed by atoms with E-state index in [4.69, 9.17) is 5.11 Å². The van der Waals surface area contributed by atoms with Gasteiger partial charge >= 0.3 is 5.97 Å². The van der Waals surface area contributed by atoms with Crippen LogP contribution in [0, 0.1) is 11.8 Å². The van der Waals surface area contributed by atoms with Gasteiger partial charge in [0.25, 0.3) is 11.8 Å². The summed E-state index contributed by atoms with van der Waals surface area (Å²) in [5.74, 6) is 4.00. The number of rotatable bonds is 4. The highest BCUT2D eigenvalue weighted by atomic mass is 16.4. The fraction of sp³-hybridized carbons (Fsp3) is 0.267. The second-order valence-electron chi connectivity index (χ2n) is 4.34. The lowest BCUT2D eigenvalue weighted by Gasteiger charge is -2.08. The van der Waals surface area contributed by atoms with Crippen molar-refractivity contribution in [2.45, 2.75) is 19.3 Å². The molecule has 0 bridgehead atoms. The van der Waals surface area contributed by atoms with E-state index >= 15 is 0 Å². The van der Waals surface area contributed by atoms with E-state index in [0.29, 0.717) is 24.0 Å². The fourth-order valence-corrected chi connectivity index (χ4v) is 1.93. The number of carboxylic acids is 1. The highest BCUT2D eigenvalue weighted by Gasteiger charge is 2.34. The molecule has 1 aromatic carbocycles. The minimum atomic E-state index is -0.854. The van der Waals surface area contributed by atoms with Gasteiger partial charge in [-0.1, -0.05) is 18.1 Å². The second kappa shape index (κ2) is 6.02. The highest BCUT2D eigenvalue weighted by Crippen LogP contribution is 2.21. The van der Waals surface area contributed by atoms with Crippen molar-refractivity contribution in [3.05, 3.63) is 35.4 Å². The molecule has 0 spiro atoms. The summed E-state index contributed by atoms with van der Waals surface area (Å²) in [5.41, 5.74) is 0.815. The number of hydrogen-bond donors (Lipinski definition) is 1. The van der Waals surface area contributed by atoms with Crippen molar-refractivity contribution in [2.75, 3.05) is 6.54 Å². The van der Waals surface area contributed by atoms with E-state index in [1.807, 2.05) is 0 Å². The average Bonchev–Trinajstić information content (AvgIpc) is 2.67. The monoisotopic (exact) mass is 271 g/mol. The van der Waals surface area contributed by atoms with E-state index in [1.54, 1.807) is 24.3 Å². The van der Waals surface area contributed by atoms with Crippen LogP contribution < -0.4 is 0 Å². The molecule has 0 fully saturated rings. The number of carbonyl (C=O) groups is 3. The fourth-order valence-electron chi connectivity index (χ4n) is 1.93. The van der Waals surface area contributed by atoms with Gasteiger partial charge in [-0.3, -0.25) is 19.3 Å². The van der Waals surface area contributed by atoms with Gasteiger partial charge in [0.15, 0.2) is 0 Å². The maximum atomic E-state index is 12.0. The molecule has 0 saturated heterocycles. The molecule has 2 amide bonds. The van der Waals surface area contributed by atoms with E-state index in [1.165, 1.54) is 0 Å². The van der Waals surface area contributed by atoms with Gasteiger partial charge in [-0.05, 0) is 18.6 Å². The van der Waals surface area contributed by atoms with Crippen LogP contribution in [0.1, 0.15) is 40.0 Å². The molecule has 0 radical (unpaired) electrons. The molecule has 1 aromatic rings. The molecular formula is C15H13NO4. The minimum absolute atomic E-state index is 0.0411. The van der Waals surface area contributed by atoms with Crippen molar-refractivity contribution in [2.24, 2.45) is 0 Å². The predicted octanol–water partition coefficient (Wildman–Crippen LogP) is 1.54. The molecule has 5 nitrogen and oxygen atoms in total. The van der Waals surface area contributed by atoms with E-state index in [-0.39, 0.29) is 24.8 Å². The summed E-state index contributed by atoms with van der Waals surface area (Å²) in [7, 11) is 0. The summed E-state index contributed by atoms with van der Waals surface area (Å²) < 4.78 is 0. The first-order valence-electron chi connectivity index (χ1n) is 6.24. The summed E-state index contributed by atoms with van der Waals surface area (Å²) in [6, 6.07) is 6.67. The highest BCUT2D eigenvalue weighted by molar-refractivity contribution is 6.21. The van der Waals surface area contributed by atoms with Gasteiger partial charge in [-0.25, -0.2) is 0 Å².